The summed E-state index contributed by atoms with van der Waals surface area (Å²) >= 11 is 5.86. The van der Waals surface area contributed by atoms with Gasteiger partial charge in [-0.15, -0.1) is 0 Å². The van der Waals surface area contributed by atoms with Crippen molar-refractivity contribution >= 4 is 17.6 Å². The van der Waals surface area contributed by atoms with Crippen LogP contribution in [0.15, 0.2) is 18.3 Å². The first-order chi connectivity index (χ1) is 8.69. The van der Waals surface area contributed by atoms with Gasteiger partial charge in [-0.2, -0.15) is 0 Å². The fraction of sp³-hybridized carbons (Fsp3) is 0.538. The van der Waals surface area contributed by atoms with Crippen molar-refractivity contribution in [2.45, 2.75) is 19.4 Å². The maximum Gasteiger partial charge on any atom is 0.308 e. The highest BCUT2D eigenvalue weighted by atomic mass is 35.5. The average Bonchev–Trinajstić information content (AvgIpc) is 2.39. The summed E-state index contributed by atoms with van der Waals surface area (Å²) in [5.41, 5.74) is 1.16. The number of halogens is 1. The molecule has 2 rings (SSSR count). The molecule has 0 bridgehead atoms. The summed E-state index contributed by atoms with van der Waals surface area (Å²) in [4.78, 5) is 17.7. The summed E-state index contributed by atoms with van der Waals surface area (Å²) in [5.74, 6) is -0.0196. The van der Waals surface area contributed by atoms with Gasteiger partial charge >= 0.3 is 5.97 Å². The number of likely N-dealkylation sites (tertiary alicyclic amines) is 1. The molecule has 2 heterocycles. The minimum absolute atomic E-state index is 0.0623. The van der Waals surface area contributed by atoms with Crippen molar-refractivity contribution in [2.75, 3.05) is 20.2 Å². The number of hydrogen-bond acceptors (Lipinski definition) is 4. The Hall–Kier alpha value is -1.13. The van der Waals surface area contributed by atoms with Crippen molar-refractivity contribution in [1.82, 2.24) is 9.88 Å². The number of methoxy groups -OCH3 is 1. The molecule has 18 heavy (non-hydrogen) atoms. The zero-order chi connectivity index (χ0) is 13.0. The number of rotatable bonds is 3. The second kappa shape index (κ2) is 6.16. The summed E-state index contributed by atoms with van der Waals surface area (Å²) in [6, 6.07) is 3.85. The van der Waals surface area contributed by atoms with Gasteiger partial charge in [-0.3, -0.25) is 9.69 Å². The molecule has 1 aromatic heterocycles. The molecular weight excluding hydrogens is 252 g/mol. The molecule has 1 fully saturated rings. The largest absolute Gasteiger partial charge is 0.469 e. The third-order valence-electron chi connectivity index (χ3n) is 3.32. The Kier molecular flexibility index (Phi) is 4.55. The summed E-state index contributed by atoms with van der Waals surface area (Å²) in [5, 5.41) is 0.525. The molecular formula is C13H17ClN2O2. The Morgan fingerprint density at radius 3 is 2.89 bits per heavy atom. The molecule has 98 valence electrons. The van der Waals surface area contributed by atoms with Gasteiger partial charge in [-0.05, 0) is 43.6 Å². The van der Waals surface area contributed by atoms with E-state index in [-0.39, 0.29) is 11.9 Å². The number of carbonyl (C=O) groups is 1. The zero-order valence-corrected chi connectivity index (χ0v) is 11.2. The first kappa shape index (κ1) is 13.3. The van der Waals surface area contributed by atoms with Crippen molar-refractivity contribution in [3.05, 3.63) is 29.0 Å². The lowest BCUT2D eigenvalue weighted by Gasteiger charge is -2.30. The summed E-state index contributed by atoms with van der Waals surface area (Å²) in [6.45, 7) is 2.69. The first-order valence-electron chi connectivity index (χ1n) is 6.09. The molecule has 0 unspecified atom stereocenters. The van der Waals surface area contributed by atoms with Gasteiger partial charge in [0.25, 0.3) is 0 Å². The highest BCUT2D eigenvalue weighted by molar-refractivity contribution is 6.29. The first-order valence-corrected chi connectivity index (χ1v) is 6.47. The van der Waals surface area contributed by atoms with Gasteiger partial charge in [0.15, 0.2) is 0 Å². The second-order valence-corrected chi connectivity index (χ2v) is 4.95. The van der Waals surface area contributed by atoms with E-state index in [4.69, 9.17) is 16.3 Å². The molecule has 5 heteroatoms. The van der Waals surface area contributed by atoms with Crippen molar-refractivity contribution in [1.29, 1.82) is 0 Å². The number of nitrogens with zero attached hydrogens (tertiary/aromatic N) is 2. The van der Waals surface area contributed by atoms with Crippen LogP contribution in [0.2, 0.25) is 5.15 Å². The van der Waals surface area contributed by atoms with E-state index < -0.39 is 0 Å². The Bertz CT molecular complexity index is 417. The monoisotopic (exact) mass is 268 g/mol. The maximum absolute atomic E-state index is 11.4. The Morgan fingerprint density at radius 2 is 2.28 bits per heavy atom. The van der Waals surface area contributed by atoms with Crippen LogP contribution < -0.4 is 0 Å². The molecule has 0 radical (unpaired) electrons. The van der Waals surface area contributed by atoms with E-state index in [2.05, 4.69) is 9.88 Å². The van der Waals surface area contributed by atoms with Crippen LogP contribution in [0.1, 0.15) is 18.4 Å². The third-order valence-corrected chi connectivity index (χ3v) is 3.53. The predicted molar refractivity (Wildman–Crippen MR) is 69.3 cm³/mol. The second-order valence-electron chi connectivity index (χ2n) is 4.56. The van der Waals surface area contributed by atoms with Gasteiger partial charge < -0.3 is 4.74 Å². The van der Waals surface area contributed by atoms with Crippen LogP contribution >= 0.6 is 11.6 Å². The van der Waals surface area contributed by atoms with Crippen molar-refractivity contribution < 1.29 is 9.53 Å². The van der Waals surface area contributed by atoms with Crippen LogP contribution in [0, 0.1) is 5.92 Å². The van der Waals surface area contributed by atoms with Crippen molar-refractivity contribution in [3.63, 3.8) is 0 Å². The van der Waals surface area contributed by atoms with Crippen LogP contribution in [-0.4, -0.2) is 36.1 Å². The van der Waals surface area contributed by atoms with Gasteiger partial charge in [0.1, 0.15) is 5.15 Å². The lowest BCUT2D eigenvalue weighted by Crippen LogP contribution is -2.36. The molecule has 4 nitrogen and oxygen atoms in total. The van der Waals surface area contributed by atoms with E-state index in [9.17, 15) is 4.79 Å². The number of carbonyl (C=O) groups excluding carboxylic acids is 1. The number of ether oxygens (including phenoxy) is 1. The number of esters is 1. The van der Waals surface area contributed by atoms with Crippen LogP contribution in [0.3, 0.4) is 0 Å². The van der Waals surface area contributed by atoms with Gasteiger partial charge in [0.05, 0.1) is 13.0 Å². The quantitative estimate of drug-likeness (QED) is 0.622. The fourth-order valence-electron chi connectivity index (χ4n) is 2.29. The number of pyridine rings is 1. The maximum atomic E-state index is 11.4. The highest BCUT2D eigenvalue weighted by Gasteiger charge is 2.25. The van der Waals surface area contributed by atoms with Gasteiger partial charge in [-0.1, -0.05) is 11.6 Å². The Morgan fingerprint density at radius 1 is 1.56 bits per heavy atom. The SMILES string of the molecule is COC(=O)C1CCN(Cc2ccnc(Cl)c2)CC1. The smallest absolute Gasteiger partial charge is 0.308 e. The van der Waals surface area contributed by atoms with Gasteiger partial charge in [0.2, 0.25) is 0 Å². The average molecular weight is 269 g/mol. The number of aromatic nitrogens is 1. The molecule has 0 saturated carbocycles. The molecule has 0 aliphatic carbocycles. The van der Waals surface area contributed by atoms with Gasteiger partial charge in [0, 0.05) is 12.7 Å². The Balaban J connectivity index is 1.85. The lowest BCUT2D eigenvalue weighted by molar-refractivity contribution is -0.147. The Labute approximate surface area is 112 Å². The predicted octanol–water partition coefficient (Wildman–Crippen LogP) is 2.12. The summed E-state index contributed by atoms with van der Waals surface area (Å²) in [7, 11) is 1.45. The van der Waals surface area contributed by atoms with E-state index in [0.29, 0.717) is 5.15 Å². The highest BCUT2D eigenvalue weighted by Crippen LogP contribution is 2.20. The van der Waals surface area contributed by atoms with E-state index in [1.54, 1.807) is 6.20 Å². The van der Waals surface area contributed by atoms with Crippen LogP contribution in [0.25, 0.3) is 0 Å². The molecule has 1 aliphatic rings. The van der Waals surface area contributed by atoms with Crippen LogP contribution in [-0.2, 0) is 16.1 Å². The number of hydrogen-bond donors (Lipinski definition) is 0. The van der Waals surface area contributed by atoms with E-state index in [1.807, 2.05) is 12.1 Å². The van der Waals surface area contributed by atoms with Crippen LogP contribution in [0.4, 0.5) is 0 Å². The van der Waals surface area contributed by atoms with Crippen LogP contribution in [0.5, 0.6) is 0 Å². The van der Waals surface area contributed by atoms with E-state index in [0.717, 1.165) is 38.0 Å². The standard InChI is InChI=1S/C13H17ClN2O2/c1-18-13(17)11-3-6-16(7-4-11)9-10-2-5-15-12(14)8-10/h2,5,8,11H,3-4,6-7,9H2,1H3. The normalized spacial score (nSPS) is 17.7. The molecule has 1 saturated heterocycles. The van der Waals surface area contributed by atoms with E-state index >= 15 is 0 Å². The molecule has 1 aromatic rings. The van der Waals surface area contributed by atoms with Crippen molar-refractivity contribution in [3.8, 4) is 0 Å². The zero-order valence-electron chi connectivity index (χ0n) is 10.4. The molecule has 1 aliphatic heterocycles. The molecule has 0 N–H and O–H groups in total. The molecule has 0 spiro atoms. The number of piperidine rings is 1. The molecule has 0 aromatic carbocycles. The molecule has 0 amide bonds. The van der Waals surface area contributed by atoms with Crippen molar-refractivity contribution in [2.24, 2.45) is 5.92 Å². The minimum atomic E-state index is -0.0818. The fourth-order valence-corrected chi connectivity index (χ4v) is 2.49. The third kappa shape index (κ3) is 3.43. The molecule has 0 atom stereocenters. The minimum Gasteiger partial charge on any atom is -0.469 e. The lowest BCUT2D eigenvalue weighted by atomic mass is 9.97. The summed E-state index contributed by atoms with van der Waals surface area (Å²) < 4.78 is 4.78. The van der Waals surface area contributed by atoms with E-state index in [1.165, 1.54) is 7.11 Å². The van der Waals surface area contributed by atoms with Gasteiger partial charge in [-0.25, -0.2) is 4.98 Å². The summed E-state index contributed by atoms with van der Waals surface area (Å²) in [6.07, 6.45) is 3.45. The topological polar surface area (TPSA) is 42.4 Å².